The monoisotopic (exact) mass is 249 g/mol. The predicted molar refractivity (Wildman–Crippen MR) is 62.8 cm³/mol. The van der Waals surface area contributed by atoms with Crippen LogP contribution in [0.5, 0.6) is 0 Å². The van der Waals surface area contributed by atoms with Crippen LogP contribution in [-0.2, 0) is 0 Å². The summed E-state index contributed by atoms with van der Waals surface area (Å²) < 4.78 is 13.7. The summed E-state index contributed by atoms with van der Waals surface area (Å²) in [6.07, 6.45) is 0.678. The van der Waals surface area contributed by atoms with Gasteiger partial charge in [0.2, 0.25) is 0 Å². The zero-order valence-corrected chi connectivity index (χ0v) is 10.2. The molecule has 0 aromatic heterocycles. The van der Waals surface area contributed by atoms with Gasteiger partial charge in [0.15, 0.2) is 0 Å². The minimum Gasteiger partial charge on any atom is -0.324 e. The molecule has 0 heterocycles. The molecule has 0 fully saturated rings. The van der Waals surface area contributed by atoms with Crippen molar-refractivity contribution < 1.29 is 4.39 Å². The van der Waals surface area contributed by atoms with Crippen LogP contribution >= 0.6 is 23.2 Å². The third-order valence-corrected chi connectivity index (χ3v) is 2.80. The molecule has 0 saturated carbocycles. The van der Waals surface area contributed by atoms with Crippen LogP contribution in [-0.4, -0.2) is 0 Å². The van der Waals surface area contributed by atoms with Gasteiger partial charge in [-0.2, -0.15) is 0 Å². The summed E-state index contributed by atoms with van der Waals surface area (Å²) in [4.78, 5) is 0. The number of hydrogen-bond donors (Lipinski definition) is 1. The second kappa shape index (κ2) is 5.15. The van der Waals surface area contributed by atoms with Crippen LogP contribution in [0.1, 0.15) is 31.9 Å². The summed E-state index contributed by atoms with van der Waals surface area (Å²) in [6.45, 7) is 4.05. The Morgan fingerprint density at radius 1 is 1.27 bits per heavy atom. The average Bonchev–Trinajstić information content (AvgIpc) is 2.11. The number of hydrogen-bond acceptors (Lipinski definition) is 1. The molecule has 1 aromatic carbocycles. The molecule has 0 bridgehead atoms. The van der Waals surface area contributed by atoms with Crippen LogP contribution in [0.15, 0.2) is 12.1 Å². The van der Waals surface area contributed by atoms with Crippen LogP contribution < -0.4 is 5.73 Å². The fourth-order valence-electron chi connectivity index (χ4n) is 1.51. The number of rotatable bonds is 3. The van der Waals surface area contributed by atoms with Gasteiger partial charge in [-0.3, -0.25) is 0 Å². The van der Waals surface area contributed by atoms with Gasteiger partial charge in [0.25, 0.3) is 0 Å². The van der Waals surface area contributed by atoms with Crippen molar-refractivity contribution in [2.24, 2.45) is 11.7 Å². The molecule has 0 aliphatic rings. The molecule has 1 rings (SSSR count). The molecule has 0 aliphatic carbocycles. The van der Waals surface area contributed by atoms with Crippen molar-refractivity contribution in [3.63, 3.8) is 0 Å². The Labute approximate surface area is 99.4 Å². The highest BCUT2D eigenvalue weighted by atomic mass is 35.5. The molecule has 1 aromatic rings. The first kappa shape index (κ1) is 12.8. The Bertz CT molecular complexity index is 353. The predicted octanol–water partition coefficient (Wildman–Crippen LogP) is 4.18. The Hall–Kier alpha value is -0.310. The van der Waals surface area contributed by atoms with Crippen molar-refractivity contribution in [1.29, 1.82) is 0 Å². The first-order valence-corrected chi connectivity index (χ1v) is 5.58. The van der Waals surface area contributed by atoms with Crippen molar-refractivity contribution in [1.82, 2.24) is 0 Å². The minimum absolute atomic E-state index is 0.0635. The highest BCUT2D eigenvalue weighted by Crippen LogP contribution is 2.31. The molecular weight excluding hydrogens is 236 g/mol. The first-order valence-electron chi connectivity index (χ1n) is 4.82. The summed E-state index contributed by atoms with van der Waals surface area (Å²) in [7, 11) is 0. The zero-order valence-electron chi connectivity index (χ0n) is 8.73. The average molecular weight is 250 g/mol. The topological polar surface area (TPSA) is 26.0 Å². The second-order valence-corrected chi connectivity index (χ2v) is 4.81. The van der Waals surface area contributed by atoms with Crippen LogP contribution in [0.4, 0.5) is 4.39 Å². The summed E-state index contributed by atoms with van der Waals surface area (Å²) in [5, 5.41) is 0.402. The van der Waals surface area contributed by atoms with E-state index in [1.54, 1.807) is 6.07 Å². The van der Waals surface area contributed by atoms with E-state index in [-0.39, 0.29) is 5.02 Å². The van der Waals surface area contributed by atoms with Crippen LogP contribution in [0.25, 0.3) is 0 Å². The van der Waals surface area contributed by atoms with Crippen molar-refractivity contribution >= 4 is 23.2 Å². The van der Waals surface area contributed by atoms with E-state index in [0.29, 0.717) is 22.9 Å². The Morgan fingerprint density at radius 2 is 1.80 bits per heavy atom. The lowest BCUT2D eigenvalue weighted by atomic mass is 9.97. The maximum atomic E-state index is 13.7. The van der Waals surface area contributed by atoms with Crippen molar-refractivity contribution in [3.05, 3.63) is 33.6 Å². The van der Waals surface area contributed by atoms with Crippen LogP contribution in [0, 0.1) is 11.7 Å². The summed E-state index contributed by atoms with van der Waals surface area (Å²) in [5.74, 6) is -0.119. The lowest BCUT2D eigenvalue weighted by molar-refractivity contribution is 0.489. The SMILES string of the molecule is CC(C)C[C@@H](N)c1c(Cl)ccc(Cl)c1F. The van der Waals surface area contributed by atoms with Gasteiger partial charge in [-0.25, -0.2) is 4.39 Å². The maximum absolute atomic E-state index is 13.7. The molecule has 0 spiro atoms. The van der Waals surface area contributed by atoms with Crippen LogP contribution in [0.3, 0.4) is 0 Å². The second-order valence-electron chi connectivity index (χ2n) is 3.99. The van der Waals surface area contributed by atoms with Gasteiger partial charge in [-0.1, -0.05) is 37.0 Å². The van der Waals surface area contributed by atoms with Gasteiger partial charge in [0.1, 0.15) is 5.82 Å². The lowest BCUT2D eigenvalue weighted by Gasteiger charge is -2.17. The van der Waals surface area contributed by atoms with E-state index in [4.69, 9.17) is 28.9 Å². The van der Waals surface area contributed by atoms with Crippen molar-refractivity contribution in [3.8, 4) is 0 Å². The molecule has 0 unspecified atom stereocenters. The minimum atomic E-state index is -0.502. The highest BCUT2D eigenvalue weighted by molar-refractivity contribution is 6.33. The zero-order chi connectivity index (χ0) is 11.6. The van der Waals surface area contributed by atoms with E-state index in [9.17, 15) is 4.39 Å². The molecule has 0 saturated heterocycles. The van der Waals surface area contributed by atoms with Gasteiger partial charge >= 0.3 is 0 Å². The van der Waals surface area contributed by atoms with E-state index >= 15 is 0 Å². The first-order chi connectivity index (χ1) is 6.93. The summed E-state index contributed by atoms with van der Waals surface area (Å²) in [5.41, 5.74) is 6.20. The maximum Gasteiger partial charge on any atom is 0.148 e. The van der Waals surface area contributed by atoms with Crippen molar-refractivity contribution in [2.45, 2.75) is 26.3 Å². The van der Waals surface area contributed by atoms with E-state index in [1.165, 1.54) is 6.07 Å². The highest BCUT2D eigenvalue weighted by Gasteiger charge is 2.18. The fraction of sp³-hybridized carbons (Fsp3) is 0.455. The smallest absolute Gasteiger partial charge is 0.148 e. The van der Waals surface area contributed by atoms with Gasteiger partial charge in [0.05, 0.1) is 5.02 Å². The van der Waals surface area contributed by atoms with Crippen LogP contribution in [0.2, 0.25) is 10.0 Å². The van der Waals surface area contributed by atoms with Gasteiger partial charge < -0.3 is 5.73 Å². The molecule has 15 heavy (non-hydrogen) atoms. The van der Waals surface area contributed by atoms with E-state index in [1.807, 2.05) is 13.8 Å². The summed E-state index contributed by atoms with van der Waals surface area (Å²) in [6, 6.07) is 2.60. The Kier molecular flexibility index (Phi) is 4.38. The van der Waals surface area contributed by atoms with Gasteiger partial charge in [-0.05, 0) is 24.5 Å². The summed E-state index contributed by atoms with van der Waals surface area (Å²) >= 11 is 11.6. The quantitative estimate of drug-likeness (QED) is 0.800. The fourth-order valence-corrected chi connectivity index (χ4v) is 1.96. The van der Waals surface area contributed by atoms with E-state index in [0.717, 1.165) is 0 Å². The molecule has 84 valence electrons. The molecule has 4 heteroatoms. The number of halogens is 3. The van der Waals surface area contributed by atoms with E-state index < -0.39 is 11.9 Å². The molecule has 2 N–H and O–H groups in total. The van der Waals surface area contributed by atoms with Gasteiger partial charge in [0, 0.05) is 16.6 Å². The third kappa shape index (κ3) is 3.07. The Morgan fingerprint density at radius 3 is 2.33 bits per heavy atom. The van der Waals surface area contributed by atoms with Gasteiger partial charge in [-0.15, -0.1) is 0 Å². The molecule has 0 aliphatic heterocycles. The largest absolute Gasteiger partial charge is 0.324 e. The molecule has 1 nitrogen and oxygen atoms in total. The molecular formula is C11H14Cl2FN. The standard InChI is InChI=1S/C11H14Cl2FN/c1-6(2)5-9(15)10-7(12)3-4-8(13)11(10)14/h3-4,6,9H,5,15H2,1-2H3/t9-/m1/s1. The van der Waals surface area contributed by atoms with Crippen molar-refractivity contribution in [2.75, 3.05) is 0 Å². The number of benzene rings is 1. The lowest BCUT2D eigenvalue weighted by Crippen LogP contribution is -2.15. The molecule has 1 atom stereocenters. The normalized spacial score (nSPS) is 13.3. The van der Waals surface area contributed by atoms with E-state index in [2.05, 4.69) is 0 Å². The number of nitrogens with two attached hydrogens (primary N) is 1. The molecule has 0 radical (unpaired) electrons. The molecule has 0 amide bonds. The third-order valence-electron chi connectivity index (χ3n) is 2.18. The Balaban J connectivity index is 3.07.